The summed E-state index contributed by atoms with van der Waals surface area (Å²) in [6.45, 7) is 3.12. The van der Waals surface area contributed by atoms with E-state index < -0.39 is 5.97 Å². The van der Waals surface area contributed by atoms with Gasteiger partial charge in [-0.05, 0) is 42.9 Å². The average Bonchev–Trinajstić information content (AvgIpc) is 2.68. The second kappa shape index (κ2) is 9.06. The molecule has 1 aromatic rings. The van der Waals surface area contributed by atoms with Crippen LogP contribution in [0.3, 0.4) is 0 Å². The van der Waals surface area contributed by atoms with Gasteiger partial charge in [-0.3, -0.25) is 9.59 Å². The van der Waals surface area contributed by atoms with E-state index in [0.29, 0.717) is 12.8 Å². The molecule has 1 N–H and O–H groups in total. The third-order valence-electron chi connectivity index (χ3n) is 5.75. The minimum Gasteiger partial charge on any atom is -0.481 e. The van der Waals surface area contributed by atoms with Crippen molar-refractivity contribution in [3.63, 3.8) is 0 Å². The van der Waals surface area contributed by atoms with E-state index in [-0.39, 0.29) is 12.3 Å². The van der Waals surface area contributed by atoms with Gasteiger partial charge in [0.25, 0.3) is 0 Å². The van der Waals surface area contributed by atoms with Gasteiger partial charge in [-0.25, -0.2) is 0 Å². The highest BCUT2D eigenvalue weighted by Crippen LogP contribution is 2.33. The molecule has 26 heavy (non-hydrogen) atoms. The van der Waals surface area contributed by atoms with Crippen LogP contribution in [0.15, 0.2) is 24.3 Å². The lowest BCUT2D eigenvalue weighted by Gasteiger charge is -2.36. The van der Waals surface area contributed by atoms with Gasteiger partial charge in [0.15, 0.2) is 0 Å². The van der Waals surface area contributed by atoms with Crippen molar-refractivity contribution in [1.82, 2.24) is 4.90 Å². The zero-order chi connectivity index (χ0) is 18.4. The zero-order valence-electron chi connectivity index (χ0n) is 15.5. The fraction of sp³-hybridized carbons (Fsp3) is 0.619. The fourth-order valence-electron chi connectivity index (χ4n) is 4.16. The van der Waals surface area contributed by atoms with Crippen LogP contribution >= 0.6 is 0 Å². The molecule has 0 radical (unpaired) electrons. The lowest BCUT2D eigenvalue weighted by atomic mass is 9.84. The van der Waals surface area contributed by atoms with Gasteiger partial charge in [-0.1, -0.05) is 31.4 Å². The Morgan fingerprint density at radius 3 is 2.19 bits per heavy atom. The third kappa shape index (κ3) is 4.99. The molecule has 1 saturated carbocycles. The number of carbonyl (C=O) groups is 2. The topological polar surface area (TPSA) is 60.9 Å². The maximum atomic E-state index is 12.2. The molecule has 1 aliphatic carbocycles. The number of amides is 1. The molecule has 1 amide bonds. The van der Waals surface area contributed by atoms with Crippen LogP contribution in [0.4, 0.5) is 5.69 Å². The highest BCUT2D eigenvalue weighted by molar-refractivity contribution is 5.77. The van der Waals surface area contributed by atoms with E-state index in [4.69, 9.17) is 5.11 Å². The van der Waals surface area contributed by atoms with Crippen molar-refractivity contribution < 1.29 is 14.7 Å². The van der Waals surface area contributed by atoms with Crippen molar-refractivity contribution in [1.29, 1.82) is 0 Å². The van der Waals surface area contributed by atoms with Gasteiger partial charge < -0.3 is 14.9 Å². The van der Waals surface area contributed by atoms with E-state index in [2.05, 4.69) is 29.2 Å². The Labute approximate surface area is 156 Å². The number of benzene rings is 1. The van der Waals surface area contributed by atoms with Crippen LogP contribution in [0.5, 0.6) is 0 Å². The molecule has 5 nitrogen and oxygen atoms in total. The maximum absolute atomic E-state index is 12.2. The highest BCUT2D eigenvalue weighted by Gasteiger charge is 2.21. The summed E-state index contributed by atoms with van der Waals surface area (Å²) < 4.78 is 0. The van der Waals surface area contributed by atoms with Crippen LogP contribution in [-0.2, 0) is 9.59 Å². The van der Waals surface area contributed by atoms with E-state index >= 15 is 0 Å². The lowest BCUT2D eigenvalue weighted by molar-refractivity contribution is -0.137. The van der Waals surface area contributed by atoms with Crippen molar-refractivity contribution in [3.8, 4) is 0 Å². The minimum absolute atomic E-state index is 0.0685. The number of carbonyl (C=O) groups excluding carboxylic acids is 1. The van der Waals surface area contributed by atoms with Crippen LogP contribution in [0.2, 0.25) is 0 Å². The van der Waals surface area contributed by atoms with Crippen LogP contribution in [0, 0.1) is 0 Å². The van der Waals surface area contributed by atoms with Crippen molar-refractivity contribution in [2.75, 3.05) is 31.1 Å². The molecule has 0 aromatic heterocycles. The van der Waals surface area contributed by atoms with Gasteiger partial charge >= 0.3 is 5.97 Å². The number of anilines is 1. The monoisotopic (exact) mass is 358 g/mol. The van der Waals surface area contributed by atoms with E-state index in [1.807, 2.05) is 4.90 Å². The molecule has 5 heteroatoms. The first kappa shape index (κ1) is 18.7. The molecule has 142 valence electrons. The normalized spacial score (nSPS) is 18.8. The second-order valence-electron chi connectivity index (χ2n) is 7.54. The highest BCUT2D eigenvalue weighted by atomic mass is 16.4. The number of carboxylic acid groups (broad SMARTS) is 1. The van der Waals surface area contributed by atoms with Crippen LogP contribution < -0.4 is 4.90 Å². The quantitative estimate of drug-likeness (QED) is 0.843. The van der Waals surface area contributed by atoms with Crippen LogP contribution in [0.25, 0.3) is 0 Å². The Balaban J connectivity index is 1.47. The number of nitrogens with zero attached hydrogens (tertiary/aromatic N) is 2. The zero-order valence-corrected chi connectivity index (χ0v) is 15.5. The van der Waals surface area contributed by atoms with Crippen LogP contribution in [0.1, 0.15) is 62.8 Å². The summed E-state index contributed by atoms with van der Waals surface area (Å²) in [5.74, 6) is -0.0177. The Bertz CT molecular complexity index is 600. The molecular weight excluding hydrogens is 328 g/mol. The summed E-state index contributed by atoms with van der Waals surface area (Å²) in [7, 11) is 0. The molecule has 0 unspecified atom stereocenters. The largest absolute Gasteiger partial charge is 0.481 e. The molecule has 0 bridgehead atoms. The molecule has 1 aromatic carbocycles. The molecular formula is C21H30N2O3. The van der Waals surface area contributed by atoms with E-state index in [1.54, 1.807) is 0 Å². The predicted molar refractivity (Wildman–Crippen MR) is 103 cm³/mol. The van der Waals surface area contributed by atoms with E-state index in [0.717, 1.165) is 32.1 Å². The standard InChI is InChI=1S/C21H30N2O3/c24-20(7-4-8-21(25)26)23-15-13-22(14-16-23)19-11-9-18(10-12-19)17-5-2-1-3-6-17/h9-12,17H,1-8,13-16H2,(H,25,26). The first-order valence-electron chi connectivity index (χ1n) is 9.98. The molecule has 2 fully saturated rings. The first-order chi connectivity index (χ1) is 12.6. The number of hydrogen-bond acceptors (Lipinski definition) is 3. The van der Waals surface area contributed by atoms with Crippen molar-refractivity contribution in [2.45, 2.75) is 57.3 Å². The molecule has 1 saturated heterocycles. The summed E-state index contributed by atoms with van der Waals surface area (Å²) in [6, 6.07) is 9.03. The Morgan fingerprint density at radius 2 is 1.58 bits per heavy atom. The summed E-state index contributed by atoms with van der Waals surface area (Å²) in [5, 5.41) is 8.67. The van der Waals surface area contributed by atoms with Crippen molar-refractivity contribution in [3.05, 3.63) is 29.8 Å². The molecule has 2 aliphatic rings. The lowest BCUT2D eigenvalue weighted by Crippen LogP contribution is -2.48. The SMILES string of the molecule is O=C(O)CCCC(=O)N1CCN(c2ccc(C3CCCCC3)cc2)CC1. The average molecular weight is 358 g/mol. The second-order valence-corrected chi connectivity index (χ2v) is 7.54. The van der Waals surface area contributed by atoms with Gasteiger partial charge in [-0.15, -0.1) is 0 Å². The molecule has 0 spiro atoms. The number of aliphatic carboxylic acids is 1. The number of rotatable bonds is 6. The van der Waals surface area contributed by atoms with Crippen molar-refractivity contribution >= 4 is 17.6 Å². The molecule has 1 aliphatic heterocycles. The smallest absolute Gasteiger partial charge is 0.303 e. The third-order valence-corrected chi connectivity index (χ3v) is 5.75. The first-order valence-corrected chi connectivity index (χ1v) is 9.98. The summed E-state index contributed by atoms with van der Waals surface area (Å²) in [4.78, 5) is 26.9. The van der Waals surface area contributed by atoms with Gasteiger partial charge in [0.1, 0.15) is 0 Å². The van der Waals surface area contributed by atoms with Gasteiger partial charge in [0.05, 0.1) is 0 Å². The Morgan fingerprint density at radius 1 is 0.923 bits per heavy atom. The molecule has 0 atom stereocenters. The maximum Gasteiger partial charge on any atom is 0.303 e. The number of hydrogen-bond donors (Lipinski definition) is 1. The minimum atomic E-state index is -0.834. The number of piperazine rings is 1. The predicted octanol–water partition coefficient (Wildman–Crippen LogP) is 3.64. The molecule has 1 heterocycles. The summed E-state index contributed by atoms with van der Waals surface area (Å²) >= 11 is 0. The van der Waals surface area contributed by atoms with E-state index in [1.165, 1.54) is 43.4 Å². The van der Waals surface area contributed by atoms with Crippen molar-refractivity contribution in [2.24, 2.45) is 0 Å². The van der Waals surface area contributed by atoms with Gasteiger partial charge in [-0.2, -0.15) is 0 Å². The fourth-order valence-corrected chi connectivity index (χ4v) is 4.16. The van der Waals surface area contributed by atoms with Gasteiger partial charge in [0, 0.05) is 44.7 Å². The number of carboxylic acids is 1. The summed E-state index contributed by atoms with van der Waals surface area (Å²) in [6.07, 6.45) is 7.57. The Hall–Kier alpha value is -2.04. The molecule has 3 rings (SSSR count). The summed E-state index contributed by atoms with van der Waals surface area (Å²) in [5.41, 5.74) is 2.71. The van der Waals surface area contributed by atoms with E-state index in [9.17, 15) is 9.59 Å². The Kier molecular flexibility index (Phi) is 6.53. The van der Waals surface area contributed by atoms with Gasteiger partial charge in [0.2, 0.25) is 5.91 Å². The van der Waals surface area contributed by atoms with Crippen LogP contribution in [-0.4, -0.2) is 48.1 Å².